The number of fused-ring (bicyclic) bond motifs is 1. The van der Waals surface area contributed by atoms with Crippen molar-refractivity contribution in [2.45, 2.75) is 89.4 Å². The first-order valence-electron chi connectivity index (χ1n) is 9.34. The third kappa shape index (κ3) is 4.28. The van der Waals surface area contributed by atoms with E-state index < -0.39 is 5.60 Å². The number of carbonyl (C=O) groups is 1. The number of alkyl carbamates (subject to hydrolysis) is 1. The number of rotatable bonds is 3. The molecular formula is C19H32N2O2. The third-order valence-electron chi connectivity index (χ3n) is 5.51. The predicted octanol–water partition coefficient (Wildman–Crippen LogP) is 3.77. The summed E-state index contributed by atoms with van der Waals surface area (Å²) in [6, 6.07) is 1.17. The van der Waals surface area contributed by atoms with Gasteiger partial charge in [-0.1, -0.05) is 31.4 Å². The largest absolute Gasteiger partial charge is 0.444 e. The van der Waals surface area contributed by atoms with Gasteiger partial charge in [0.15, 0.2) is 0 Å². The minimum Gasteiger partial charge on any atom is -0.444 e. The minimum atomic E-state index is -0.437. The van der Waals surface area contributed by atoms with E-state index in [4.69, 9.17) is 4.74 Å². The molecule has 2 saturated carbocycles. The number of allylic oxidation sites excluding steroid dienone is 1. The second kappa shape index (κ2) is 6.84. The standard InChI is InChI=1S/C19H32N2O2/c1-19(2,3)23-18(22)21-16-11-6-4-5-10-15(16)20-17-12-13-8-7-9-14(13)17/h7,9,13-17,20H,4-6,8,10-12H2,1-3H3,(H,21,22). The Morgan fingerprint density at radius 1 is 1.09 bits per heavy atom. The molecule has 4 nitrogen and oxygen atoms in total. The fourth-order valence-corrected chi connectivity index (χ4v) is 4.32. The second-order valence-electron chi connectivity index (χ2n) is 8.51. The topological polar surface area (TPSA) is 50.4 Å². The molecule has 0 aromatic heterocycles. The van der Waals surface area contributed by atoms with Gasteiger partial charge in [0.2, 0.25) is 0 Å². The summed E-state index contributed by atoms with van der Waals surface area (Å²) in [4.78, 5) is 12.2. The Hall–Kier alpha value is -1.03. The monoisotopic (exact) mass is 320 g/mol. The molecule has 5 atom stereocenters. The van der Waals surface area contributed by atoms with Crippen LogP contribution in [0.25, 0.3) is 0 Å². The minimum absolute atomic E-state index is 0.191. The number of nitrogens with one attached hydrogen (secondary N) is 2. The summed E-state index contributed by atoms with van der Waals surface area (Å²) in [6.07, 6.45) is 12.9. The average Bonchev–Trinajstić information content (AvgIpc) is 2.66. The SMILES string of the molecule is CC(C)(C)OC(=O)NC1CCCCCC1NC1CC2CC=CC21. The highest BCUT2D eigenvalue weighted by molar-refractivity contribution is 5.68. The van der Waals surface area contributed by atoms with E-state index >= 15 is 0 Å². The molecule has 3 rings (SSSR count). The highest BCUT2D eigenvalue weighted by Crippen LogP contribution is 2.43. The summed E-state index contributed by atoms with van der Waals surface area (Å²) in [5.74, 6) is 1.59. The van der Waals surface area contributed by atoms with Crippen LogP contribution in [-0.2, 0) is 4.74 Å². The molecule has 1 amide bonds. The van der Waals surface area contributed by atoms with Gasteiger partial charge in [0.25, 0.3) is 0 Å². The first-order chi connectivity index (χ1) is 10.9. The third-order valence-corrected chi connectivity index (χ3v) is 5.51. The Balaban J connectivity index is 1.56. The molecule has 0 aliphatic heterocycles. The van der Waals surface area contributed by atoms with Crippen molar-refractivity contribution in [2.75, 3.05) is 0 Å². The Morgan fingerprint density at radius 2 is 1.83 bits per heavy atom. The molecule has 3 aliphatic carbocycles. The smallest absolute Gasteiger partial charge is 0.407 e. The van der Waals surface area contributed by atoms with Gasteiger partial charge in [-0.2, -0.15) is 0 Å². The second-order valence-corrected chi connectivity index (χ2v) is 8.51. The van der Waals surface area contributed by atoms with Crippen molar-refractivity contribution in [3.63, 3.8) is 0 Å². The zero-order chi connectivity index (χ0) is 16.4. The van der Waals surface area contributed by atoms with E-state index in [1.54, 1.807) is 0 Å². The first kappa shape index (κ1) is 16.8. The van der Waals surface area contributed by atoms with Gasteiger partial charge in [0.1, 0.15) is 5.60 Å². The van der Waals surface area contributed by atoms with Crippen LogP contribution in [0, 0.1) is 11.8 Å². The van der Waals surface area contributed by atoms with E-state index in [2.05, 4.69) is 22.8 Å². The van der Waals surface area contributed by atoms with Crippen LogP contribution >= 0.6 is 0 Å². The predicted molar refractivity (Wildman–Crippen MR) is 92.3 cm³/mol. The summed E-state index contributed by atoms with van der Waals surface area (Å²) >= 11 is 0. The fourth-order valence-electron chi connectivity index (χ4n) is 4.32. The van der Waals surface area contributed by atoms with Crippen LogP contribution in [0.4, 0.5) is 4.79 Å². The molecule has 23 heavy (non-hydrogen) atoms. The van der Waals surface area contributed by atoms with Crippen LogP contribution in [0.3, 0.4) is 0 Å². The summed E-state index contributed by atoms with van der Waals surface area (Å²) in [5.41, 5.74) is -0.437. The fraction of sp³-hybridized carbons (Fsp3) is 0.842. The number of hydrogen-bond donors (Lipinski definition) is 2. The molecule has 2 N–H and O–H groups in total. The van der Waals surface area contributed by atoms with Crippen molar-refractivity contribution in [3.8, 4) is 0 Å². The average molecular weight is 320 g/mol. The summed E-state index contributed by atoms with van der Waals surface area (Å²) < 4.78 is 5.46. The van der Waals surface area contributed by atoms with E-state index in [1.807, 2.05) is 20.8 Å². The van der Waals surface area contributed by atoms with Crippen molar-refractivity contribution in [3.05, 3.63) is 12.2 Å². The van der Waals surface area contributed by atoms with Gasteiger partial charge in [0.05, 0.1) is 0 Å². The molecule has 0 radical (unpaired) electrons. The highest BCUT2D eigenvalue weighted by Gasteiger charge is 2.42. The lowest BCUT2D eigenvalue weighted by Gasteiger charge is -2.44. The molecule has 0 spiro atoms. The van der Waals surface area contributed by atoms with Crippen LogP contribution < -0.4 is 10.6 Å². The molecule has 3 aliphatic rings. The van der Waals surface area contributed by atoms with Gasteiger partial charge in [-0.3, -0.25) is 0 Å². The molecule has 4 heteroatoms. The lowest BCUT2D eigenvalue weighted by Crippen LogP contribution is -2.58. The summed E-state index contributed by atoms with van der Waals surface area (Å²) in [6.45, 7) is 5.74. The zero-order valence-electron chi connectivity index (χ0n) is 14.8. The van der Waals surface area contributed by atoms with E-state index in [0.717, 1.165) is 24.7 Å². The normalized spacial score (nSPS) is 36.7. The number of ether oxygens (including phenoxy) is 1. The molecule has 0 heterocycles. The van der Waals surface area contributed by atoms with Crippen LogP contribution in [0.1, 0.15) is 65.7 Å². The first-order valence-corrected chi connectivity index (χ1v) is 9.34. The van der Waals surface area contributed by atoms with Gasteiger partial charge in [-0.15, -0.1) is 0 Å². The molecular weight excluding hydrogens is 288 g/mol. The van der Waals surface area contributed by atoms with Crippen molar-refractivity contribution >= 4 is 6.09 Å². The van der Waals surface area contributed by atoms with E-state index in [0.29, 0.717) is 12.1 Å². The number of hydrogen-bond acceptors (Lipinski definition) is 3. The summed E-state index contributed by atoms with van der Waals surface area (Å²) in [5, 5.41) is 7.00. The Labute approximate surface area is 140 Å². The van der Waals surface area contributed by atoms with Gasteiger partial charge >= 0.3 is 6.09 Å². The van der Waals surface area contributed by atoms with Gasteiger partial charge in [-0.05, 0) is 58.3 Å². The Bertz CT molecular complexity index is 455. The number of amides is 1. The molecule has 2 fully saturated rings. The number of carbonyl (C=O) groups excluding carboxylic acids is 1. The van der Waals surface area contributed by atoms with Gasteiger partial charge < -0.3 is 15.4 Å². The molecule has 0 saturated heterocycles. The van der Waals surface area contributed by atoms with E-state index in [-0.39, 0.29) is 12.1 Å². The quantitative estimate of drug-likeness (QED) is 0.615. The van der Waals surface area contributed by atoms with Crippen molar-refractivity contribution in [2.24, 2.45) is 11.8 Å². The Morgan fingerprint density at radius 3 is 2.52 bits per heavy atom. The lowest BCUT2D eigenvalue weighted by atomic mass is 9.71. The van der Waals surface area contributed by atoms with Gasteiger partial charge in [0, 0.05) is 18.1 Å². The molecule has 130 valence electrons. The van der Waals surface area contributed by atoms with Gasteiger partial charge in [-0.25, -0.2) is 4.79 Å². The van der Waals surface area contributed by atoms with E-state index in [9.17, 15) is 4.79 Å². The highest BCUT2D eigenvalue weighted by atomic mass is 16.6. The molecule has 5 unspecified atom stereocenters. The van der Waals surface area contributed by atoms with Crippen LogP contribution in [0.5, 0.6) is 0 Å². The molecule has 0 aromatic rings. The molecule has 0 bridgehead atoms. The van der Waals surface area contributed by atoms with Crippen LogP contribution in [0.15, 0.2) is 12.2 Å². The maximum Gasteiger partial charge on any atom is 0.407 e. The summed E-state index contributed by atoms with van der Waals surface area (Å²) in [7, 11) is 0. The maximum absolute atomic E-state index is 12.2. The Kier molecular flexibility index (Phi) is 5.00. The van der Waals surface area contributed by atoms with Crippen LogP contribution in [0.2, 0.25) is 0 Å². The van der Waals surface area contributed by atoms with E-state index in [1.165, 1.54) is 32.1 Å². The molecule has 0 aromatic carbocycles. The lowest BCUT2D eigenvalue weighted by molar-refractivity contribution is 0.0478. The van der Waals surface area contributed by atoms with Crippen LogP contribution in [-0.4, -0.2) is 29.8 Å². The zero-order valence-corrected chi connectivity index (χ0v) is 14.8. The van der Waals surface area contributed by atoms with Crippen molar-refractivity contribution < 1.29 is 9.53 Å². The van der Waals surface area contributed by atoms with Crippen molar-refractivity contribution in [1.29, 1.82) is 0 Å². The maximum atomic E-state index is 12.2. The van der Waals surface area contributed by atoms with Crippen molar-refractivity contribution in [1.82, 2.24) is 10.6 Å².